The fraction of sp³-hybridized carbons (Fsp3) is 0.214. The third-order valence-electron chi connectivity index (χ3n) is 3.04. The number of aromatic amines is 1. The summed E-state index contributed by atoms with van der Waals surface area (Å²) >= 11 is 1.42. The average Bonchev–Trinajstić information content (AvgIpc) is 3.09. The number of ether oxygens (including phenoxy) is 1. The maximum Gasteiger partial charge on any atom is 0.180 e. The molecule has 7 heteroatoms. The smallest absolute Gasteiger partial charge is 0.180 e. The second-order valence-electron chi connectivity index (χ2n) is 4.54. The summed E-state index contributed by atoms with van der Waals surface area (Å²) in [5.41, 5.74) is 7.58. The van der Waals surface area contributed by atoms with Crippen LogP contribution < -0.4 is 10.5 Å². The molecule has 0 aliphatic heterocycles. The number of hydrogen-bond donors (Lipinski definition) is 2. The lowest BCUT2D eigenvalue weighted by Crippen LogP contribution is -1.96. The van der Waals surface area contributed by atoms with Crippen LogP contribution in [0.25, 0.3) is 0 Å². The molecule has 0 aliphatic rings. The Hall–Kier alpha value is -2.41. The van der Waals surface area contributed by atoms with Crippen molar-refractivity contribution in [2.24, 2.45) is 0 Å². The summed E-state index contributed by atoms with van der Waals surface area (Å²) in [7, 11) is 1.66. The Labute approximate surface area is 126 Å². The summed E-state index contributed by atoms with van der Waals surface area (Å²) in [5, 5.41) is 9.67. The van der Waals surface area contributed by atoms with Gasteiger partial charge in [0.15, 0.2) is 11.0 Å². The molecule has 0 saturated carbocycles. The predicted octanol–water partition coefficient (Wildman–Crippen LogP) is 2.03. The van der Waals surface area contributed by atoms with Crippen LogP contribution in [0.5, 0.6) is 5.75 Å². The lowest BCUT2D eigenvalue weighted by molar-refractivity contribution is 0.410. The average molecular weight is 301 g/mol. The van der Waals surface area contributed by atoms with Gasteiger partial charge in [-0.1, -0.05) is 18.2 Å². The first-order valence-electron chi connectivity index (χ1n) is 6.46. The molecule has 0 aliphatic carbocycles. The first kappa shape index (κ1) is 13.6. The molecular weight excluding hydrogens is 286 g/mol. The molecule has 0 spiro atoms. The van der Waals surface area contributed by atoms with E-state index in [0.717, 1.165) is 22.8 Å². The van der Waals surface area contributed by atoms with Gasteiger partial charge in [0, 0.05) is 17.4 Å². The van der Waals surface area contributed by atoms with Gasteiger partial charge in [-0.15, -0.1) is 11.3 Å². The van der Waals surface area contributed by atoms with Gasteiger partial charge in [-0.2, -0.15) is 5.10 Å². The van der Waals surface area contributed by atoms with Crippen LogP contribution in [0, 0.1) is 0 Å². The van der Waals surface area contributed by atoms with E-state index < -0.39 is 0 Å². The van der Waals surface area contributed by atoms with Gasteiger partial charge in [-0.3, -0.25) is 5.10 Å². The summed E-state index contributed by atoms with van der Waals surface area (Å²) in [5.74, 6) is 2.37. The zero-order valence-corrected chi connectivity index (χ0v) is 12.4. The van der Waals surface area contributed by atoms with Crippen molar-refractivity contribution in [1.82, 2.24) is 20.2 Å². The van der Waals surface area contributed by atoms with Gasteiger partial charge < -0.3 is 10.5 Å². The van der Waals surface area contributed by atoms with E-state index in [-0.39, 0.29) is 0 Å². The van der Waals surface area contributed by atoms with Gasteiger partial charge in [0.05, 0.1) is 19.2 Å². The first-order valence-corrected chi connectivity index (χ1v) is 7.34. The molecule has 0 saturated heterocycles. The molecule has 2 heterocycles. The molecule has 2 aromatic heterocycles. The maximum absolute atomic E-state index is 5.62. The number of thiazole rings is 1. The Bertz CT molecular complexity index is 736. The molecule has 1 aromatic carbocycles. The zero-order chi connectivity index (χ0) is 14.7. The van der Waals surface area contributed by atoms with Crippen LogP contribution in [0.1, 0.15) is 22.9 Å². The Kier molecular flexibility index (Phi) is 3.83. The SMILES string of the molecule is COc1ccccc1Cc1nc(Cc2csc(N)n2)n[nH]1. The number of nitrogens with zero attached hydrogens (tertiary/aromatic N) is 3. The van der Waals surface area contributed by atoms with Crippen LogP contribution in [0.15, 0.2) is 29.6 Å². The van der Waals surface area contributed by atoms with Gasteiger partial charge in [0.1, 0.15) is 11.6 Å². The number of anilines is 1. The molecule has 0 atom stereocenters. The Morgan fingerprint density at radius 2 is 2.10 bits per heavy atom. The van der Waals surface area contributed by atoms with Crippen LogP contribution in [-0.4, -0.2) is 27.3 Å². The Morgan fingerprint density at radius 3 is 2.86 bits per heavy atom. The Balaban J connectivity index is 1.73. The van der Waals surface area contributed by atoms with Gasteiger partial charge >= 0.3 is 0 Å². The van der Waals surface area contributed by atoms with E-state index in [1.54, 1.807) is 7.11 Å². The van der Waals surface area contributed by atoms with E-state index in [2.05, 4.69) is 20.2 Å². The number of hydrogen-bond acceptors (Lipinski definition) is 6. The molecule has 0 fully saturated rings. The van der Waals surface area contributed by atoms with Gasteiger partial charge in [0.25, 0.3) is 0 Å². The summed E-state index contributed by atoms with van der Waals surface area (Å²) in [6.45, 7) is 0. The van der Waals surface area contributed by atoms with Crippen molar-refractivity contribution in [2.75, 3.05) is 12.8 Å². The molecule has 3 rings (SSSR count). The molecule has 21 heavy (non-hydrogen) atoms. The maximum atomic E-state index is 5.62. The second kappa shape index (κ2) is 5.92. The Morgan fingerprint density at radius 1 is 1.24 bits per heavy atom. The molecule has 0 unspecified atom stereocenters. The number of nitrogens with two attached hydrogens (primary N) is 1. The lowest BCUT2D eigenvalue weighted by atomic mass is 10.1. The minimum Gasteiger partial charge on any atom is -0.496 e. The van der Waals surface area contributed by atoms with Crippen molar-refractivity contribution in [2.45, 2.75) is 12.8 Å². The monoisotopic (exact) mass is 301 g/mol. The third-order valence-corrected chi connectivity index (χ3v) is 3.76. The molecule has 0 amide bonds. The van der Waals surface area contributed by atoms with Crippen molar-refractivity contribution in [3.63, 3.8) is 0 Å². The summed E-state index contributed by atoms with van der Waals surface area (Å²) in [6.07, 6.45) is 1.23. The fourth-order valence-electron chi connectivity index (χ4n) is 2.09. The molecule has 0 radical (unpaired) electrons. The highest BCUT2D eigenvalue weighted by molar-refractivity contribution is 7.13. The zero-order valence-electron chi connectivity index (χ0n) is 11.5. The first-order chi connectivity index (χ1) is 10.2. The van der Waals surface area contributed by atoms with Crippen molar-refractivity contribution >= 4 is 16.5 Å². The van der Waals surface area contributed by atoms with E-state index in [0.29, 0.717) is 23.8 Å². The molecule has 6 nitrogen and oxygen atoms in total. The minimum atomic E-state index is 0.565. The standard InChI is InChI=1S/C14H15N5OS/c1-20-11-5-3-2-4-9(11)6-12-17-13(19-18-12)7-10-8-21-14(15)16-10/h2-5,8H,6-7H2,1H3,(H2,15,16)(H,17,18,19). The molecular formula is C14H15N5OS. The van der Waals surface area contributed by atoms with E-state index in [4.69, 9.17) is 10.5 Å². The van der Waals surface area contributed by atoms with Crippen LogP contribution in [0.2, 0.25) is 0 Å². The minimum absolute atomic E-state index is 0.565. The van der Waals surface area contributed by atoms with Crippen LogP contribution in [0.4, 0.5) is 5.13 Å². The second-order valence-corrected chi connectivity index (χ2v) is 5.43. The van der Waals surface area contributed by atoms with Crippen molar-refractivity contribution in [3.8, 4) is 5.75 Å². The molecule has 108 valence electrons. The topological polar surface area (TPSA) is 89.7 Å². The highest BCUT2D eigenvalue weighted by atomic mass is 32.1. The highest BCUT2D eigenvalue weighted by Gasteiger charge is 2.09. The van der Waals surface area contributed by atoms with E-state index in [9.17, 15) is 0 Å². The van der Waals surface area contributed by atoms with Crippen LogP contribution in [0.3, 0.4) is 0 Å². The lowest BCUT2D eigenvalue weighted by Gasteiger charge is -2.05. The molecule has 0 bridgehead atoms. The summed E-state index contributed by atoms with van der Waals surface area (Å²) in [6, 6.07) is 7.88. The number of methoxy groups -OCH3 is 1. The largest absolute Gasteiger partial charge is 0.496 e. The number of nitrogens with one attached hydrogen (secondary N) is 1. The summed E-state index contributed by atoms with van der Waals surface area (Å²) in [4.78, 5) is 8.70. The number of benzene rings is 1. The van der Waals surface area contributed by atoms with E-state index in [1.165, 1.54) is 11.3 Å². The van der Waals surface area contributed by atoms with Gasteiger partial charge in [0.2, 0.25) is 0 Å². The quantitative estimate of drug-likeness (QED) is 0.752. The fourth-order valence-corrected chi connectivity index (χ4v) is 2.65. The van der Waals surface area contributed by atoms with Gasteiger partial charge in [-0.25, -0.2) is 9.97 Å². The molecule has 3 aromatic rings. The van der Waals surface area contributed by atoms with Crippen LogP contribution >= 0.6 is 11.3 Å². The highest BCUT2D eigenvalue weighted by Crippen LogP contribution is 2.20. The molecule has 3 N–H and O–H groups in total. The number of para-hydroxylation sites is 1. The summed E-state index contributed by atoms with van der Waals surface area (Å²) < 4.78 is 5.34. The van der Waals surface area contributed by atoms with Crippen molar-refractivity contribution in [1.29, 1.82) is 0 Å². The number of aromatic nitrogens is 4. The van der Waals surface area contributed by atoms with Crippen molar-refractivity contribution < 1.29 is 4.74 Å². The predicted molar refractivity (Wildman–Crippen MR) is 81.5 cm³/mol. The van der Waals surface area contributed by atoms with E-state index >= 15 is 0 Å². The van der Waals surface area contributed by atoms with Gasteiger partial charge in [-0.05, 0) is 6.07 Å². The normalized spacial score (nSPS) is 10.7. The van der Waals surface area contributed by atoms with Crippen molar-refractivity contribution in [3.05, 3.63) is 52.6 Å². The third kappa shape index (κ3) is 3.19. The number of nitrogen functional groups attached to an aromatic ring is 1. The number of H-pyrrole nitrogens is 1. The van der Waals surface area contributed by atoms with E-state index in [1.807, 2.05) is 29.6 Å². The number of rotatable bonds is 5. The van der Waals surface area contributed by atoms with Crippen LogP contribution in [-0.2, 0) is 12.8 Å².